The maximum absolute atomic E-state index is 12.2. The lowest BCUT2D eigenvalue weighted by Gasteiger charge is -2.41. The number of ketones is 1. The number of carboxylic acid groups (broad SMARTS) is 1. The molecule has 0 bridgehead atoms. The Bertz CT molecular complexity index is 315. The third kappa shape index (κ3) is 2.12. The molecule has 0 aromatic heterocycles. The summed E-state index contributed by atoms with van der Waals surface area (Å²) in [6.07, 6.45) is 6.79. The Morgan fingerprint density at radius 2 is 1.88 bits per heavy atom. The molecule has 1 N–H and O–H groups in total. The average Bonchev–Trinajstić information content (AvgIpc) is 2.31. The normalized spacial score (nSPS) is 39.0. The molecule has 2 fully saturated rings. The zero-order valence-corrected chi connectivity index (χ0v) is 10.6. The van der Waals surface area contributed by atoms with E-state index in [-0.39, 0.29) is 11.7 Å². The van der Waals surface area contributed by atoms with Crippen molar-refractivity contribution >= 4 is 11.8 Å². The number of Topliss-reactive ketones (excluding diaryl/α,β-unsaturated/α-hetero) is 1. The molecular weight excluding hydrogens is 216 g/mol. The lowest BCUT2D eigenvalue weighted by atomic mass is 9.60. The van der Waals surface area contributed by atoms with Crippen LogP contribution in [0.25, 0.3) is 0 Å². The fraction of sp³-hybridized carbons (Fsp3) is 0.857. The van der Waals surface area contributed by atoms with Crippen LogP contribution < -0.4 is 0 Å². The number of rotatable bonds is 2. The summed E-state index contributed by atoms with van der Waals surface area (Å²) >= 11 is 0. The van der Waals surface area contributed by atoms with Crippen molar-refractivity contribution in [3.8, 4) is 0 Å². The van der Waals surface area contributed by atoms with Gasteiger partial charge in [-0.2, -0.15) is 0 Å². The number of carboxylic acids is 1. The second-order valence-corrected chi connectivity index (χ2v) is 5.86. The average molecular weight is 238 g/mol. The SMILES string of the molecule is CC1CCC(C2(C(=O)O)CCCCC2=O)CC1. The van der Waals surface area contributed by atoms with E-state index in [0.717, 1.165) is 38.5 Å². The lowest BCUT2D eigenvalue weighted by Crippen LogP contribution is -2.48. The van der Waals surface area contributed by atoms with E-state index in [2.05, 4.69) is 6.92 Å². The molecule has 0 heterocycles. The molecule has 96 valence electrons. The van der Waals surface area contributed by atoms with Crippen molar-refractivity contribution in [2.24, 2.45) is 17.3 Å². The predicted molar refractivity (Wildman–Crippen MR) is 64.7 cm³/mol. The van der Waals surface area contributed by atoms with Gasteiger partial charge in [0.15, 0.2) is 0 Å². The molecule has 2 saturated carbocycles. The van der Waals surface area contributed by atoms with Gasteiger partial charge in [0.05, 0.1) is 0 Å². The van der Waals surface area contributed by atoms with Crippen LogP contribution in [0.5, 0.6) is 0 Å². The first-order chi connectivity index (χ1) is 8.07. The third-order valence-electron chi connectivity index (χ3n) is 4.82. The van der Waals surface area contributed by atoms with Crippen LogP contribution >= 0.6 is 0 Å². The summed E-state index contributed by atoms with van der Waals surface area (Å²) < 4.78 is 0. The van der Waals surface area contributed by atoms with E-state index in [4.69, 9.17) is 0 Å². The molecule has 17 heavy (non-hydrogen) atoms. The zero-order chi connectivity index (χ0) is 12.5. The summed E-state index contributed by atoms with van der Waals surface area (Å²) in [6, 6.07) is 0. The molecule has 0 aromatic rings. The highest BCUT2D eigenvalue weighted by molar-refractivity contribution is 6.03. The van der Waals surface area contributed by atoms with Crippen molar-refractivity contribution in [1.29, 1.82) is 0 Å². The van der Waals surface area contributed by atoms with Gasteiger partial charge in [0.2, 0.25) is 0 Å². The smallest absolute Gasteiger partial charge is 0.317 e. The van der Waals surface area contributed by atoms with Crippen molar-refractivity contribution in [2.75, 3.05) is 0 Å². The number of aliphatic carboxylic acids is 1. The summed E-state index contributed by atoms with van der Waals surface area (Å²) in [5, 5.41) is 9.56. The third-order valence-corrected chi connectivity index (χ3v) is 4.82. The summed E-state index contributed by atoms with van der Waals surface area (Å²) in [6.45, 7) is 2.21. The molecule has 1 unspecified atom stereocenters. The van der Waals surface area contributed by atoms with Crippen LogP contribution in [0.2, 0.25) is 0 Å². The molecule has 0 radical (unpaired) electrons. The monoisotopic (exact) mass is 238 g/mol. The molecule has 0 saturated heterocycles. The molecule has 0 aromatic carbocycles. The van der Waals surface area contributed by atoms with Crippen LogP contribution in [0.4, 0.5) is 0 Å². The van der Waals surface area contributed by atoms with E-state index in [9.17, 15) is 14.7 Å². The molecule has 2 aliphatic carbocycles. The molecule has 2 rings (SSSR count). The van der Waals surface area contributed by atoms with E-state index in [1.807, 2.05) is 0 Å². The minimum atomic E-state index is -1.03. The van der Waals surface area contributed by atoms with Crippen molar-refractivity contribution in [2.45, 2.75) is 58.3 Å². The standard InChI is InChI=1S/C14H22O3/c1-10-5-7-11(8-6-10)14(13(16)17)9-3-2-4-12(14)15/h10-11H,2-9H2,1H3,(H,16,17). The quantitative estimate of drug-likeness (QED) is 0.752. The Kier molecular flexibility index (Phi) is 3.55. The number of carbonyl (C=O) groups is 2. The number of carbonyl (C=O) groups excluding carboxylic acids is 1. The Morgan fingerprint density at radius 3 is 2.41 bits per heavy atom. The van der Waals surface area contributed by atoms with Gasteiger partial charge in [-0.05, 0) is 37.5 Å². The molecule has 0 aliphatic heterocycles. The molecular formula is C14H22O3. The van der Waals surface area contributed by atoms with Crippen molar-refractivity contribution < 1.29 is 14.7 Å². The fourth-order valence-corrected chi connectivity index (χ4v) is 3.64. The van der Waals surface area contributed by atoms with E-state index >= 15 is 0 Å². The zero-order valence-electron chi connectivity index (χ0n) is 10.6. The topological polar surface area (TPSA) is 54.4 Å². The van der Waals surface area contributed by atoms with E-state index < -0.39 is 11.4 Å². The van der Waals surface area contributed by atoms with Crippen LogP contribution in [0.1, 0.15) is 58.3 Å². The summed E-state index contributed by atoms with van der Waals surface area (Å²) in [4.78, 5) is 23.8. The van der Waals surface area contributed by atoms with Gasteiger partial charge < -0.3 is 5.11 Å². The maximum Gasteiger partial charge on any atom is 0.317 e. The van der Waals surface area contributed by atoms with Crippen molar-refractivity contribution in [3.05, 3.63) is 0 Å². The van der Waals surface area contributed by atoms with Gasteiger partial charge in [-0.25, -0.2) is 0 Å². The van der Waals surface area contributed by atoms with Gasteiger partial charge in [0.25, 0.3) is 0 Å². The highest BCUT2D eigenvalue weighted by Crippen LogP contribution is 2.47. The Morgan fingerprint density at radius 1 is 1.24 bits per heavy atom. The molecule has 1 atom stereocenters. The van der Waals surface area contributed by atoms with Gasteiger partial charge in [0, 0.05) is 6.42 Å². The van der Waals surface area contributed by atoms with E-state index in [1.165, 1.54) is 0 Å². The highest BCUT2D eigenvalue weighted by atomic mass is 16.4. The second-order valence-electron chi connectivity index (χ2n) is 5.86. The molecule has 2 aliphatic rings. The van der Waals surface area contributed by atoms with Gasteiger partial charge in [-0.1, -0.05) is 26.2 Å². The predicted octanol–water partition coefficient (Wildman–Crippen LogP) is 3.03. The lowest BCUT2D eigenvalue weighted by molar-refractivity contribution is -0.163. The van der Waals surface area contributed by atoms with Crippen LogP contribution in [-0.2, 0) is 9.59 Å². The van der Waals surface area contributed by atoms with Crippen LogP contribution in [0.15, 0.2) is 0 Å². The van der Waals surface area contributed by atoms with Crippen molar-refractivity contribution in [1.82, 2.24) is 0 Å². The first kappa shape index (κ1) is 12.6. The number of hydrogen-bond donors (Lipinski definition) is 1. The van der Waals surface area contributed by atoms with E-state index in [0.29, 0.717) is 18.8 Å². The molecule has 3 heteroatoms. The largest absolute Gasteiger partial charge is 0.480 e. The second kappa shape index (κ2) is 4.79. The summed E-state index contributed by atoms with van der Waals surface area (Å²) in [5.74, 6) is -0.0858. The number of hydrogen-bond acceptors (Lipinski definition) is 2. The Hall–Kier alpha value is -0.860. The molecule has 0 amide bonds. The van der Waals surface area contributed by atoms with Gasteiger partial charge >= 0.3 is 5.97 Å². The first-order valence-corrected chi connectivity index (χ1v) is 6.84. The molecule has 3 nitrogen and oxygen atoms in total. The maximum atomic E-state index is 12.2. The molecule has 0 spiro atoms. The first-order valence-electron chi connectivity index (χ1n) is 6.84. The van der Waals surface area contributed by atoms with Crippen molar-refractivity contribution in [3.63, 3.8) is 0 Å². The van der Waals surface area contributed by atoms with Crippen LogP contribution in [0, 0.1) is 17.3 Å². The van der Waals surface area contributed by atoms with Gasteiger partial charge in [-0.15, -0.1) is 0 Å². The van der Waals surface area contributed by atoms with Gasteiger partial charge in [0.1, 0.15) is 11.2 Å². The van der Waals surface area contributed by atoms with Crippen LogP contribution in [-0.4, -0.2) is 16.9 Å². The van der Waals surface area contributed by atoms with Crippen LogP contribution in [0.3, 0.4) is 0 Å². The summed E-state index contributed by atoms with van der Waals surface area (Å²) in [5.41, 5.74) is -1.03. The minimum Gasteiger partial charge on any atom is -0.480 e. The minimum absolute atomic E-state index is 0.00389. The van der Waals surface area contributed by atoms with Gasteiger partial charge in [-0.3, -0.25) is 9.59 Å². The Labute approximate surface area is 103 Å². The Balaban J connectivity index is 2.21. The van der Waals surface area contributed by atoms with E-state index in [1.54, 1.807) is 0 Å². The summed E-state index contributed by atoms with van der Waals surface area (Å²) in [7, 11) is 0. The highest BCUT2D eigenvalue weighted by Gasteiger charge is 2.52. The fourth-order valence-electron chi connectivity index (χ4n) is 3.64.